The molecule has 8 heteroatoms. The average Bonchev–Trinajstić information content (AvgIpc) is 3.54. The first-order chi connectivity index (χ1) is 21.9. The quantitative estimate of drug-likeness (QED) is 0.149. The van der Waals surface area contributed by atoms with Crippen LogP contribution in [-0.4, -0.2) is 60.8 Å². The lowest BCUT2D eigenvalue weighted by molar-refractivity contribution is -0.142. The lowest BCUT2D eigenvalue weighted by atomic mass is 9.70. The summed E-state index contributed by atoms with van der Waals surface area (Å²) < 4.78 is 21.9. The summed E-state index contributed by atoms with van der Waals surface area (Å²) in [5.74, 6) is -0.103. The molecule has 2 unspecified atom stereocenters. The fourth-order valence-corrected chi connectivity index (χ4v) is 6.23. The fraction of sp³-hybridized carbons (Fsp3) is 0.189. The highest BCUT2D eigenvalue weighted by Gasteiger charge is 2.51. The number of fused-ring (bicyclic) bond motifs is 10. The molecule has 0 aromatic heterocycles. The molecule has 6 rings (SSSR count). The number of ether oxygens (including phenoxy) is 4. The van der Waals surface area contributed by atoms with Crippen molar-refractivity contribution in [2.75, 3.05) is 26.4 Å². The first kappa shape index (κ1) is 29.9. The number of rotatable bonds is 12. The smallest absolute Gasteiger partial charge is 0.330 e. The van der Waals surface area contributed by atoms with E-state index in [1.807, 2.05) is 60.7 Å². The summed E-state index contributed by atoms with van der Waals surface area (Å²) in [4.78, 5) is 22.8. The third kappa shape index (κ3) is 5.39. The Morgan fingerprint density at radius 3 is 1.42 bits per heavy atom. The number of esters is 2. The lowest BCUT2D eigenvalue weighted by Gasteiger charge is -2.31. The van der Waals surface area contributed by atoms with E-state index in [9.17, 15) is 19.8 Å². The Balaban J connectivity index is 1.38. The van der Waals surface area contributed by atoms with Crippen molar-refractivity contribution in [2.24, 2.45) is 0 Å². The van der Waals surface area contributed by atoms with E-state index in [1.54, 1.807) is 0 Å². The standard InChI is InChI=1S/C37H32O8/c1-3-35(40)44-21-23(38)19-42-25-13-15-29-27-9-5-7-11-31(27)37(33(29)17-25)32-12-8-6-10-28(32)30-16-14-26(18-34(30)37)43-20-24(39)22-45-36(41)4-2/h3-18,23-24,38-39H,1-2,19-22H2. The molecular formula is C37H32O8. The van der Waals surface area contributed by atoms with E-state index in [4.69, 9.17) is 18.9 Å². The number of aliphatic hydroxyl groups excluding tert-OH is 2. The van der Waals surface area contributed by atoms with E-state index >= 15 is 0 Å². The van der Waals surface area contributed by atoms with Crippen LogP contribution in [0.1, 0.15) is 22.3 Å². The molecule has 0 heterocycles. The van der Waals surface area contributed by atoms with Gasteiger partial charge < -0.3 is 29.2 Å². The molecule has 2 atom stereocenters. The van der Waals surface area contributed by atoms with Crippen molar-refractivity contribution >= 4 is 11.9 Å². The van der Waals surface area contributed by atoms with Gasteiger partial charge in [-0.25, -0.2) is 9.59 Å². The SMILES string of the molecule is C=CC(=O)OCC(O)COc1ccc2c(c1)C1(c3ccccc3-2)c2ccccc2-c2ccc(OCC(O)COC(=O)C=C)cc21. The lowest BCUT2D eigenvalue weighted by Crippen LogP contribution is -2.27. The number of carbonyl (C=O) groups is 2. The molecule has 0 saturated carbocycles. The Hall–Kier alpha value is -5.18. The van der Waals surface area contributed by atoms with Crippen LogP contribution in [0.5, 0.6) is 11.5 Å². The fourth-order valence-electron chi connectivity index (χ4n) is 6.23. The molecule has 0 fully saturated rings. The minimum absolute atomic E-state index is 0.0707. The summed E-state index contributed by atoms with van der Waals surface area (Å²) in [5.41, 5.74) is 7.92. The number of carbonyl (C=O) groups excluding carboxylic acids is 2. The highest BCUT2D eigenvalue weighted by atomic mass is 16.6. The van der Waals surface area contributed by atoms with E-state index < -0.39 is 29.6 Å². The van der Waals surface area contributed by atoms with Gasteiger partial charge in [0.05, 0.1) is 5.41 Å². The molecule has 0 amide bonds. The summed E-state index contributed by atoms with van der Waals surface area (Å²) in [7, 11) is 0. The highest BCUT2D eigenvalue weighted by molar-refractivity contribution is 5.95. The zero-order chi connectivity index (χ0) is 31.6. The second kappa shape index (κ2) is 12.4. The molecule has 4 aromatic carbocycles. The van der Waals surface area contributed by atoms with E-state index in [0.717, 1.165) is 56.7 Å². The molecular weight excluding hydrogens is 572 g/mol. The molecule has 228 valence electrons. The van der Waals surface area contributed by atoms with Gasteiger partial charge in [-0.05, 0) is 68.8 Å². The van der Waals surface area contributed by atoms with Gasteiger partial charge in [0.15, 0.2) is 0 Å². The van der Waals surface area contributed by atoms with Gasteiger partial charge in [-0.15, -0.1) is 0 Å². The van der Waals surface area contributed by atoms with Gasteiger partial charge in [-0.2, -0.15) is 0 Å². The van der Waals surface area contributed by atoms with Crippen molar-refractivity contribution in [3.05, 3.63) is 132 Å². The Labute approximate surface area is 260 Å². The first-order valence-electron chi connectivity index (χ1n) is 14.6. The monoisotopic (exact) mass is 604 g/mol. The van der Waals surface area contributed by atoms with Gasteiger partial charge in [0, 0.05) is 12.2 Å². The third-order valence-electron chi connectivity index (χ3n) is 8.09. The number of benzene rings is 4. The van der Waals surface area contributed by atoms with E-state index in [1.165, 1.54) is 0 Å². The molecule has 45 heavy (non-hydrogen) atoms. The number of aliphatic hydroxyl groups is 2. The molecule has 0 saturated heterocycles. The van der Waals surface area contributed by atoms with Gasteiger partial charge in [0.2, 0.25) is 0 Å². The predicted molar refractivity (Wildman–Crippen MR) is 168 cm³/mol. The molecule has 0 aliphatic heterocycles. The summed E-state index contributed by atoms with van der Waals surface area (Å²) >= 11 is 0. The van der Waals surface area contributed by atoms with Gasteiger partial charge in [-0.1, -0.05) is 73.8 Å². The number of hydrogen-bond acceptors (Lipinski definition) is 8. The van der Waals surface area contributed by atoms with Crippen LogP contribution in [0.4, 0.5) is 0 Å². The Morgan fingerprint density at radius 1 is 0.600 bits per heavy atom. The Bertz CT molecular complexity index is 1660. The maximum Gasteiger partial charge on any atom is 0.330 e. The zero-order valence-corrected chi connectivity index (χ0v) is 24.5. The van der Waals surface area contributed by atoms with Crippen molar-refractivity contribution in [3.8, 4) is 33.8 Å². The van der Waals surface area contributed by atoms with Crippen molar-refractivity contribution in [2.45, 2.75) is 17.6 Å². The zero-order valence-electron chi connectivity index (χ0n) is 24.5. The average molecular weight is 605 g/mol. The largest absolute Gasteiger partial charge is 0.491 e. The van der Waals surface area contributed by atoms with Crippen molar-refractivity contribution in [3.63, 3.8) is 0 Å². The van der Waals surface area contributed by atoms with E-state index in [-0.39, 0.29) is 26.4 Å². The summed E-state index contributed by atoms with van der Waals surface area (Å²) in [6.07, 6.45) is 0.0532. The molecule has 2 N–H and O–H groups in total. The van der Waals surface area contributed by atoms with Crippen LogP contribution in [0.2, 0.25) is 0 Å². The molecule has 1 spiro atoms. The van der Waals surface area contributed by atoms with Crippen LogP contribution in [0.3, 0.4) is 0 Å². The van der Waals surface area contributed by atoms with Crippen LogP contribution in [0.15, 0.2) is 110 Å². The molecule has 4 aromatic rings. The summed E-state index contributed by atoms with van der Waals surface area (Å²) in [6, 6.07) is 28.5. The van der Waals surface area contributed by atoms with Crippen molar-refractivity contribution in [1.82, 2.24) is 0 Å². The maximum atomic E-state index is 11.4. The predicted octanol–water partition coefficient (Wildman–Crippen LogP) is 4.97. The molecule has 8 nitrogen and oxygen atoms in total. The topological polar surface area (TPSA) is 112 Å². The minimum atomic E-state index is -1.02. The summed E-state index contributed by atoms with van der Waals surface area (Å²) in [5, 5.41) is 20.7. The molecule has 0 radical (unpaired) electrons. The van der Waals surface area contributed by atoms with Gasteiger partial charge in [0.25, 0.3) is 0 Å². The van der Waals surface area contributed by atoms with Crippen molar-refractivity contribution < 1.29 is 38.7 Å². The Morgan fingerprint density at radius 2 is 1.00 bits per heavy atom. The third-order valence-corrected chi connectivity index (χ3v) is 8.09. The molecule has 2 aliphatic carbocycles. The molecule has 0 bridgehead atoms. The van der Waals surface area contributed by atoms with Gasteiger partial charge in [0.1, 0.15) is 50.1 Å². The van der Waals surface area contributed by atoms with Crippen LogP contribution in [0.25, 0.3) is 22.3 Å². The normalized spacial score (nSPS) is 16.4. The summed E-state index contributed by atoms with van der Waals surface area (Å²) in [6.45, 7) is 6.17. The van der Waals surface area contributed by atoms with Gasteiger partial charge in [-0.3, -0.25) is 0 Å². The Kier molecular flexibility index (Phi) is 8.26. The van der Waals surface area contributed by atoms with Crippen LogP contribution in [-0.2, 0) is 24.5 Å². The van der Waals surface area contributed by atoms with Crippen LogP contribution in [0, 0.1) is 0 Å². The van der Waals surface area contributed by atoms with Gasteiger partial charge >= 0.3 is 11.9 Å². The van der Waals surface area contributed by atoms with Crippen molar-refractivity contribution in [1.29, 1.82) is 0 Å². The van der Waals surface area contributed by atoms with E-state index in [2.05, 4.69) is 37.4 Å². The van der Waals surface area contributed by atoms with E-state index in [0.29, 0.717) is 11.5 Å². The van der Waals surface area contributed by atoms with Crippen LogP contribution >= 0.6 is 0 Å². The maximum absolute atomic E-state index is 11.4. The minimum Gasteiger partial charge on any atom is -0.491 e. The number of hydrogen-bond donors (Lipinski definition) is 2. The van der Waals surface area contributed by atoms with Crippen LogP contribution < -0.4 is 9.47 Å². The highest BCUT2D eigenvalue weighted by Crippen LogP contribution is 2.63. The molecule has 2 aliphatic rings. The second-order valence-electron chi connectivity index (χ2n) is 10.9. The first-order valence-corrected chi connectivity index (χ1v) is 14.6. The second-order valence-corrected chi connectivity index (χ2v) is 10.9.